The molecule has 2 atom stereocenters. The molecule has 4 N–H and O–H groups in total. The van der Waals surface area contributed by atoms with E-state index < -0.39 is 35.6 Å². The summed E-state index contributed by atoms with van der Waals surface area (Å²) in [6.07, 6.45) is 5.59. The average Bonchev–Trinajstić information content (AvgIpc) is 3.67. The number of benzene rings is 2. The zero-order valence-electron chi connectivity index (χ0n) is 31.8. The van der Waals surface area contributed by atoms with Gasteiger partial charge < -0.3 is 35.6 Å². The summed E-state index contributed by atoms with van der Waals surface area (Å²) in [4.78, 5) is 97.1. The Bertz CT molecular complexity index is 2190. The van der Waals surface area contributed by atoms with E-state index in [-0.39, 0.29) is 47.4 Å². The second-order valence-electron chi connectivity index (χ2n) is 16.1. The van der Waals surface area contributed by atoms with Gasteiger partial charge in [0.2, 0.25) is 11.8 Å². The Kier molecular flexibility index (Phi) is 8.96. The Morgan fingerprint density at radius 1 is 0.895 bits per heavy atom. The molecule has 0 radical (unpaired) electrons. The van der Waals surface area contributed by atoms with Crippen LogP contribution in [-0.4, -0.2) is 132 Å². The molecule has 7 amide bonds. The molecule has 7 heterocycles. The van der Waals surface area contributed by atoms with Gasteiger partial charge in [-0.2, -0.15) is 0 Å². The lowest BCUT2D eigenvalue weighted by Crippen LogP contribution is -2.63. The number of nitrogens with one attached hydrogen (secondary N) is 2. The zero-order valence-corrected chi connectivity index (χ0v) is 31.8. The van der Waals surface area contributed by atoms with Crippen LogP contribution in [0.3, 0.4) is 0 Å². The van der Waals surface area contributed by atoms with E-state index in [1.54, 1.807) is 23.2 Å². The number of amides is 7. The number of piperidine rings is 3. The monoisotopic (exact) mass is 775 g/mol. The number of carbonyl (C=O) groups is 6. The van der Waals surface area contributed by atoms with Crippen LogP contribution in [0.25, 0.3) is 0 Å². The number of carbonyl (C=O) groups excluding carboxylic acids is 6. The largest absolute Gasteiger partial charge is 0.371 e. The SMILES string of the molecule is CN1CCN([C@@H]2CCCN(c3cnc(C(N)=O)c(Nc4ccc(N5CCCC6(C5)CN(c5cccc7c5C(=O)N(C5CCC(=O)NC5=O)C7=O)C6)cc4)n3)C2)C1=O. The number of hydrogen-bond donors (Lipinski definition) is 3. The number of likely N-dealkylation sites (N-methyl/N-ethyl adjacent to an activating group) is 1. The molecule has 17 heteroatoms. The van der Waals surface area contributed by atoms with Crippen molar-refractivity contribution in [1.29, 1.82) is 0 Å². The lowest BCUT2D eigenvalue weighted by molar-refractivity contribution is -0.136. The Balaban J connectivity index is 0.861. The van der Waals surface area contributed by atoms with Crippen LogP contribution in [-0.2, 0) is 9.59 Å². The number of urea groups is 1. The van der Waals surface area contributed by atoms with Crippen molar-refractivity contribution in [2.24, 2.45) is 11.1 Å². The highest BCUT2D eigenvalue weighted by Gasteiger charge is 2.50. The highest BCUT2D eigenvalue weighted by Crippen LogP contribution is 2.45. The van der Waals surface area contributed by atoms with Gasteiger partial charge in [-0.05, 0) is 68.5 Å². The van der Waals surface area contributed by atoms with Crippen molar-refractivity contribution >= 4 is 64.3 Å². The molecule has 296 valence electrons. The molecule has 17 nitrogen and oxygen atoms in total. The van der Waals surface area contributed by atoms with E-state index in [0.29, 0.717) is 49.8 Å². The van der Waals surface area contributed by atoms with Gasteiger partial charge >= 0.3 is 6.03 Å². The van der Waals surface area contributed by atoms with Crippen molar-refractivity contribution < 1.29 is 28.8 Å². The molecule has 3 aromatic rings. The van der Waals surface area contributed by atoms with E-state index in [2.05, 4.69) is 30.3 Å². The molecule has 2 aromatic carbocycles. The maximum absolute atomic E-state index is 13.7. The molecule has 6 aliphatic rings. The first-order valence-corrected chi connectivity index (χ1v) is 19.6. The molecule has 5 fully saturated rings. The van der Waals surface area contributed by atoms with Crippen LogP contribution in [0.5, 0.6) is 0 Å². The first-order valence-electron chi connectivity index (χ1n) is 19.6. The summed E-state index contributed by atoms with van der Waals surface area (Å²) in [5.74, 6) is -1.84. The summed E-state index contributed by atoms with van der Waals surface area (Å²) < 4.78 is 0. The van der Waals surface area contributed by atoms with Crippen LogP contribution >= 0.6 is 0 Å². The molecule has 57 heavy (non-hydrogen) atoms. The molecule has 6 aliphatic heterocycles. The summed E-state index contributed by atoms with van der Waals surface area (Å²) in [7, 11) is 1.82. The van der Waals surface area contributed by atoms with Gasteiger partial charge in [0.1, 0.15) is 11.9 Å². The minimum atomic E-state index is -1.01. The predicted octanol–water partition coefficient (Wildman–Crippen LogP) is 2.16. The quantitative estimate of drug-likeness (QED) is 0.283. The Morgan fingerprint density at radius 2 is 1.67 bits per heavy atom. The average molecular weight is 776 g/mol. The summed E-state index contributed by atoms with van der Waals surface area (Å²) >= 11 is 0. The van der Waals surface area contributed by atoms with E-state index in [4.69, 9.17) is 10.7 Å². The highest BCUT2D eigenvalue weighted by atomic mass is 16.2. The minimum absolute atomic E-state index is 0.00920. The van der Waals surface area contributed by atoms with E-state index in [1.807, 2.05) is 42.3 Å². The molecular formula is C40H45N11O6. The predicted molar refractivity (Wildman–Crippen MR) is 209 cm³/mol. The van der Waals surface area contributed by atoms with E-state index in [1.165, 1.54) is 0 Å². The molecule has 5 saturated heterocycles. The van der Waals surface area contributed by atoms with Crippen LogP contribution in [0.15, 0.2) is 48.7 Å². The van der Waals surface area contributed by atoms with Crippen LogP contribution in [0, 0.1) is 5.41 Å². The standard InChI is InChI=1S/C40H45N11O6/c1-46-17-18-50(39(46)57)26-5-3-15-47(20-26)30-19-42-33(34(41)53)35(44-30)43-24-8-10-25(11-9-24)48-16-4-14-40(21-48)22-49(23-40)28-7-2-6-27-32(28)38(56)51(37(27)55)29-12-13-31(52)45-36(29)54/h2,6-11,19,26,29H,3-5,12-18,20-23H2,1H3,(H2,41,53)(H,43,44)(H,45,52,54)/t26-,29?/m1/s1. The molecule has 1 aromatic heterocycles. The number of nitrogens with zero attached hydrogens (tertiary/aromatic N) is 8. The maximum Gasteiger partial charge on any atom is 0.320 e. The number of rotatable bonds is 8. The number of hydrogen-bond acceptors (Lipinski definition) is 12. The van der Waals surface area contributed by atoms with Crippen molar-refractivity contribution in [2.45, 2.75) is 50.6 Å². The summed E-state index contributed by atoms with van der Waals surface area (Å²) in [6, 6.07) is 12.3. The third kappa shape index (κ3) is 6.43. The number of primary amides is 1. The Morgan fingerprint density at radius 3 is 2.40 bits per heavy atom. The molecule has 1 unspecified atom stereocenters. The molecular weight excluding hydrogens is 731 g/mol. The van der Waals surface area contributed by atoms with Crippen LogP contribution < -0.4 is 31.1 Å². The lowest BCUT2D eigenvalue weighted by atomic mass is 9.72. The van der Waals surface area contributed by atoms with Gasteiger partial charge in [0, 0.05) is 82.6 Å². The number of aromatic nitrogens is 2. The normalized spacial score (nSPS) is 23.3. The number of anilines is 5. The van der Waals surface area contributed by atoms with Crippen molar-refractivity contribution in [3.63, 3.8) is 0 Å². The van der Waals surface area contributed by atoms with Gasteiger partial charge in [0.15, 0.2) is 11.5 Å². The third-order valence-corrected chi connectivity index (χ3v) is 12.4. The third-order valence-electron chi connectivity index (χ3n) is 12.4. The summed E-state index contributed by atoms with van der Waals surface area (Å²) in [6.45, 7) is 5.94. The first kappa shape index (κ1) is 36.4. The van der Waals surface area contributed by atoms with Gasteiger partial charge in [-0.1, -0.05) is 6.07 Å². The lowest BCUT2D eigenvalue weighted by Gasteiger charge is -2.56. The fourth-order valence-electron chi connectivity index (χ4n) is 9.50. The molecule has 0 bridgehead atoms. The molecule has 0 saturated carbocycles. The molecule has 0 aliphatic carbocycles. The van der Waals surface area contributed by atoms with Crippen molar-refractivity contribution in [2.75, 3.05) is 79.4 Å². The number of imide groups is 2. The van der Waals surface area contributed by atoms with Crippen molar-refractivity contribution in [3.8, 4) is 0 Å². The Labute approximate surface area is 329 Å². The van der Waals surface area contributed by atoms with Gasteiger partial charge in [-0.15, -0.1) is 0 Å². The summed E-state index contributed by atoms with van der Waals surface area (Å²) in [5.41, 5.74) is 8.81. The first-order chi connectivity index (χ1) is 27.5. The fraction of sp³-hybridized carbons (Fsp3) is 0.450. The second-order valence-corrected chi connectivity index (χ2v) is 16.1. The Hall–Kier alpha value is -6.26. The highest BCUT2D eigenvalue weighted by molar-refractivity contribution is 6.25. The minimum Gasteiger partial charge on any atom is -0.371 e. The fourth-order valence-corrected chi connectivity index (χ4v) is 9.50. The van der Waals surface area contributed by atoms with Crippen LogP contribution in [0.1, 0.15) is 69.7 Å². The van der Waals surface area contributed by atoms with Gasteiger partial charge in [-0.3, -0.25) is 34.2 Å². The molecule has 9 rings (SSSR count). The van der Waals surface area contributed by atoms with Gasteiger partial charge in [0.25, 0.3) is 17.7 Å². The van der Waals surface area contributed by atoms with Gasteiger partial charge in [-0.25, -0.2) is 14.8 Å². The zero-order chi connectivity index (χ0) is 39.6. The second kappa shape index (κ2) is 14.0. The summed E-state index contributed by atoms with van der Waals surface area (Å²) in [5, 5.41) is 5.53. The maximum atomic E-state index is 13.7. The van der Waals surface area contributed by atoms with Gasteiger partial charge in [0.05, 0.1) is 29.1 Å². The van der Waals surface area contributed by atoms with Crippen LogP contribution in [0.2, 0.25) is 0 Å². The van der Waals surface area contributed by atoms with E-state index in [9.17, 15) is 28.8 Å². The van der Waals surface area contributed by atoms with Crippen LogP contribution in [0.4, 0.5) is 33.5 Å². The van der Waals surface area contributed by atoms with E-state index in [0.717, 1.165) is 61.6 Å². The molecule has 1 spiro atoms. The number of fused-ring (bicyclic) bond motifs is 1. The smallest absolute Gasteiger partial charge is 0.320 e. The van der Waals surface area contributed by atoms with E-state index >= 15 is 0 Å². The van der Waals surface area contributed by atoms with Crippen molar-refractivity contribution in [1.82, 2.24) is 30.0 Å². The van der Waals surface area contributed by atoms with Crippen molar-refractivity contribution in [3.05, 3.63) is 65.5 Å². The number of nitrogens with two attached hydrogens (primary N) is 1. The topological polar surface area (TPSA) is 198 Å².